The van der Waals surface area contributed by atoms with Gasteiger partial charge in [0.05, 0.1) is 79.0 Å². The van der Waals surface area contributed by atoms with Crippen molar-refractivity contribution >= 4 is 99.2 Å². The molecule has 0 saturated carbocycles. The molecule has 7 rings (SSSR count). The SMILES string of the molecule is COCCOCCOCCOCC[N+]1=C(/C=C/C=C/C=C2/N(CCCCCC(=O)NCCNC(=O)c3ccc(C(=O)OC)c(P(c4ccccc4)c4ccccc4)c3)c3ccc(S(=O)(=O)O)cc3C2(C)CCCS(=O)(=O)O)C(C)(CCCS(=O)(=O)O)c2cc(S(=O)(=O)O)ccc21. The number of methoxy groups -OCH3 is 2. The first-order valence-electron chi connectivity index (χ1n) is 31.1. The molecule has 5 aromatic carbocycles. The van der Waals surface area contributed by atoms with Crippen molar-refractivity contribution in [3.63, 3.8) is 0 Å². The van der Waals surface area contributed by atoms with Crippen molar-refractivity contribution in [2.24, 2.45) is 0 Å². The lowest BCUT2D eigenvalue weighted by atomic mass is 9.76. The molecule has 0 bridgehead atoms. The van der Waals surface area contributed by atoms with Crippen LogP contribution >= 0.6 is 7.92 Å². The zero-order valence-electron chi connectivity index (χ0n) is 54.0. The molecule has 5 aromatic rings. The van der Waals surface area contributed by atoms with Crippen molar-refractivity contribution in [1.82, 2.24) is 10.6 Å². The van der Waals surface area contributed by atoms with Gasteiger partial charge in [-0.2, -0.15) is 38.2 Å². The van der Waals surface area contributed by atoms with Crippen molar-refractivity contribution in [2.45, 2.75) is 85.8 Å². The Morgan fingerprint density at radius 1 is 0.594 bits per heavy atom. The summed E-state index contributed by atoms with van der Waals surface area (Å²) in [5.74, 6) is -2.40. The van der Waals surface area contributed by atoms with Gasteiger partial charge in [0.2, 0.25) is 11.6 Å². The predicted molar refractivity (Wildman–Crippen MR) is 367 cm³/mol. The fraction of sp³-hybridized carbons (Fsp3) is 0.403. The first-order valence-corrected chi connectivity index (χ1v) is 38.6. The van der Waals surface area contributed by atoms with Gasteiger partial charge in [0.25, 0.3) is 46.4 Å². The molecule has 2 atom stereocenters. The van der Waals surface area contributed by atoms with Gasteiger partial charge in [-0.15, -0.1) is 0 Å². The number of esters is 1. The van der Waals surface area contributed by atoms with E-state index in [1.165, 1.54) is 37.4 Å². The van der Waals surface area contributed by atoms with E-state index in [9.17, 15) is 66.3 Å². The molecule has 2 unspecified atom stereocenters. The van der Waals surface area contributed by atoms with Crippen molar-refractivity contribution in [3.8, 4) is 0 Å². The van der Waals surface area contributed by atoms with Gasteiger partial charge in [-0.05, 0) is 131 Å². The summed E-state index contributed by atoms with van der Waals surface area (Å²) >= 11 is 0. The number of fused-ring (bicyclic) bond motifs is 2. The number of carbonyl (C=O) groups is 3. The molecule has 2 heterocycles. The van der Waals surface area contributed by atoms with E-state index in [1.807, 2.05) is 70.1 Å². The van der Waals surface area contributed by atoms with E-state index in [0.29, 0.717) is 103 Å². The number of hydrogen-bond acceptors (Lipinski definition) is 17. The van der Waals surface area contributed by atoms with Gasteiger partial charge in [0.15, 0.2) is 12.3 Å². The highest BCUT2D eigenvalue weighted by Crippen LogP contribution is 2.52. The fourth-order valence-electron chi connectivity index (χ4n) is 11.8. The molecule has 96 heavy (non-hydrogen) atoms. The number of nitrogens with one attached hydrogen (secondary N) is 2. The van der Waals surface area contributed by atoms with Crippen LogP contribution in [0, 0.1) is 0 Å². The van der Waals surface area contributed by atoms with Gasteiger partial charge >= 0.3 is 5.97 Å². The molecule has 6 N–H and O–H groups in total. The highest BCUT2D eigenvalue weighted by atomic mass is 32.2. The standard InChI is InChI=1S/C67H83N4O20PS4/c1-66(32-17-45-93(75,76)77)56-48-53(95(81,82)83)27-30-58(56)70(36-16-8-15-25-63(72)68-34-35-69-64(73)50-26-29-55(65(74)88-4)60(47-50)92(51-19-9-5-10-20-51)52-21-11-6-12-22-52)61(66)23-13-7-14-24-62-67(2,33-18-46-94(78,79)80)57-49-54(96(84,85)86)28-31-59(57)71(62)37-38-89-41-42-91-44-43-90-40-39-87-3/h5-7,9-14,19-24,26-31,47-49H,8,15-18,25,32-46H2,1-4H3,(H5-,68,69,72,73,75,76,77,78,79,80,81,82,83,84,85,86)/p+1. The van der Waals surface area contributed by atoms with Crippen LogP contribution in [0.2, 0.25) is 0 Å². The highest BCUT2D eigenvalue weighted by Gasteiger charge is 2.48. The lowest BCUT2D eigenvalue weighted by molar-refractivity contribution is -0.442. The van der Waals surface area contributed by atoms with Crippen LogP contribution in [0.25, 0.3) is 0 Å². The number of anilines is 1. The Balaban J connectivity index is 1.08. The number of ether oxygens (including phenoxy) is 5. The maximum absolute atomic E-state index is 13.6. The molecule has 0 fully saturated rings. The third-order valence-electron chi connectivity index (χ3n) is 16.5. The quantitative estimate of drug-likeness (QED) is 0.00576. The van der Waals surface area contributed by atoms with Crippen LogP contribution in [0.15, 0.2) is 161 Å². The topological polar surface area (TPSA) is 345 Å². The van der Waals surface area contributed by atoms with Crippen molar-refractivity contribution in [3.05, 3.63) is 174 Å². The van der Waals surface area contributed by atoms with E-state index in [0.717, 1.165) is 10.6 Å². The molecule has 24 nitrogen and oxygen atoms in total. The van der Waals surface area contributed by atoms with Gasteiger partial charge in [-0.1, -0.05) is 85.3 Å². The molecule has 2 amide bonds. The van der Waals surface area contributed by atoms with Crippen LogP contribution in [0.4, 0.5) is 11.4 Å². The smallest absolute Gasteiger partial charge is 0.338 e. The third kappa shape index (κ3) is 21.3. The molecular formula is C67H84N4O20PS4+. The Labute approximate surface area is 563 Å². The Kier molecular flexibility index (Phi) is 27.9. The maximum atomic E-state index is 13.6. The number of rotatable bonds is 39. The first kappa shape index (κ1) is 76.5. The van der Waals surface area contributed by atoms with Crippen molar-refractivity contribution in [2.75, 3.05) is 103 Å². The summed E-state index contributed by atoms with van der Waals surface area (Å²) in [5, 5.41) is 8.30. The number of carbonyl (C=O) groups excluding carboxylic acids is 3. The van der Waals surface area contributed by atoms with Crippen LogP contribution in [0.3, 0.4) is 0 Å². The maximum Gasteiger partial charge on any atom is 0.338 e. The molecule has 0 radical (unpaired) electrons. The summed E-state index contributed by atoms with van der Waals surface area (Å²) in [4.78, 5) is 41.1. The number of allylic oxidation sites excluding steroid dienone is 6. The van der Waals surface area contributed by atoms with E-state index < -0.39 is 87.5 Å². The predicted octanol–water partition coefficient (Wildman–Crippen LogP) is 6.99. The molecule has 0 saturated heterocycles. The second-order valence-corrected chi connectivity index (χ2v) is 31.4. The average molecular weight is 1420 g/mol. The van der Waals surface area contributed by atoms with Crippen molar-refractivity contribution < 1.29 is 94.5 Å². The zero-order valence-corrected chi connectivity index (χ0v) is 58.2. The summed E-state index contributed by atoms with van der Waals surface area (Å²) in [6.45, 7) is 6.57. The van der Waals surface area contributed by atoms with Crippen LogP contribution in [-0.2, 0) is 79.8 Å². The van der Waals surface area contributed by atoms with E-state index in [2.05, 4.69) is 10.6 Å². The Bertz CT molecular complexity index is 4100. The van der Waals surface area contributed by atoms with Crippen LogP contribution < -0.4 is 31.4 Å². The van der Waals surface area contributed by atoms with Gasteiger partial charge < -0.3 is 39.2 Å². The minimum absolute atomic E-state index is 0.0465. The van der Waals surface area contributed by atoms with E-state index in [1.54, 1.807) is 75.6 Å². The summed E-state index contributed by atoms with van der Waals surface area (Å²) < 4.78 is 167. The Morgan fingerprint density at radius 3 is 1.74 bits per heavy atom. The first-order chi connectivity index (χ1) is 45.6. The largest absolute Gasteiger partial charge is 0.465 e. The number of unbranched alkanes of at least 4 members (excludes halogenated alkanes) is 2. The van der Waals surface area contributed by atoms with Gasteiger partial charge in [-0.25, -0.2) is 4.79 Å². The van der Waals surface area contributed by atoms with Crippen molar-refractivity contribution in [1.29, 1.82) is 0 Å². The summed E-state index contributed by atoms with van der Waals surface area (Å²) in [5.41, 5.74) is 1.64. The number of nitrogens with zero attached hydrogens (tertiary/aromatic N) is 2. The van der Waals surface area contributed by atoms with Gasteiger partial charge in [0.1, 0.15) is 6.61 Å². The molecule has 29 heteroatoms. The summed E-state index contributed by atoms with van der Waals surface area (Å²) in [7, 11) is -16.7. The molecule has 0 aliphatic carbocycles. The molecule has 2 aliphatic heterocycles. The highest BCUT2D eigenvalue weighted by molar-refractivity contribution is 7.86. The van der Waals surface area contributed by atoms with E-state index in [4.69, 9.17) is 23.7 Å². The zero-order chi connectivity index (χ0) is 69.7. The minimum Gasteiger partial charge on any atom is -0.465 e. The molecule has 0 aromatic heterocycles. The normalized spacial score (nSPS) is 17.1. The Hall–Kier alpha value is -6.89. The lowest BCUT2D eigenvalue weighted by Crippen LogP contribution is -2.35. The van der Waals surface area contributed by atoms with Crippen LogP contribution in [-0.4, -0.2) is 178 Å². The van der Waals surface area contributed by atoms with E-state index >= 15 is 0 Å². The summed E-state index contributed by atoms with van der Waals surface area (Å²) in [6.07, 6.45) is 10.4. The number of benzene rings is 5. The van der Waals surface area contributed by atoms with Gasteiger partial charge in [-0.3, -0.25) is 27.8 Å². The molecule has 2 aliphatic rings. The molecular weight excluding hydrogens is 1340 g/mol. The number of amides is 2. The average Bonchev–Trinajstić information content (AvgIpc) is 1.58. The summed E-state index contributed by atoms with van der Waals surface area (Å²) in [6, 6.07) is 32.5. The fourth-order valence-corrected chi connectivity index (χ4v) is 16.3. The van der Waals surface area contributed by atoms with E-state index in [-0.39, 0.29) is 82.4 Å². The lowest BCUT2D eigenvalue weighted by Gasteiger charge is -2.30. The second kappa shape index (κ2) is 35.1. The molecule has 0 spiro atoms. The number of hydrogen-bond donors (Lipinski definition) is 6. The van der Waals surface area contributed by atoms with Crippen LogP contribution in [0.1, 0.15) is 97.1 Å². The monoisotopic (exact) mass is 1420 g/mol. The van der Waals surface area contributed by atoms with Gasteiger partial charge in [0, 0.05) is 78.5 Å². The minimum atomic E-state index is -4.73. The molecule has 520 valence electrons. The third-order valence-corrected chi connectivity index (χ3v) is 22.3. The second-order valence-electron chi connectivity index (χ2n) is 23.2. The Morgan fingerprint density at radius 2 is 1.16 bits per heavy atom. The van der Waals surface area contributed by atoms with Crippen LogP contribution in [0.5, 0.6) is 0 Å².